The number of hydrogen-bond acceptors (Lipinski definition) is 6. The lowest BCUT2D eigenvalue weighted by Crippen LogP contribution is -2.32. The Kier molecular flexibility index (Phi) is 6.10. The van der Waals surface area contributed by atoms with Gasteiger partial charge in [0.25, 0.3) is 0 Å². The van der Waals surface area contributed by atoms with E-state index >= 15 is 0 Å². The topological polar surface area (TPSA) is 58.5 Å². The van der Waals surface area contributed by atoms with Gasteiger partial charge in [-0.25, -0.2) is 0 Å². The third-order valence-electron chi connectivity index (χ3n) is 3.29. The highest BCUT2D eigenvalue weighted by Gasteiger charge is 2.21. The molecule has 0 fully saturated rings. The molecule has 23 heavy (non-hydrogen) atoms. The van der Waals surface area contributed by atoms with E-state index in [1.54, 1.807) is 11.3 Å². The smallest absolute Gasteiger partial charge is 0.208 e. The SMILES string of the molecule is CN(CC(O)COCc1ccccc1)c1nnc(C(C)(C)C)s1. The maximum atomic E-state index is 10.1. The van der Waals surface area contributed by atoms with Gasteiger partial charge in [0.1, 0.15) is 5.01 Å². The summed E-state index contributed by atoms with van der Waals surface area (Å²) in [5.74, 6) is 0. The summed E-state index contributed by atoms with van der Waals surface area (Å²) in [6, 6.07) is 9.94. The average molecular weight is 335 g/mol. The van der Waals surface area contributed by atoms with Crippen LogP contribution < -0.4 is 4.90 Å². The lowest BCUT2D eigenvalue weighted by Gasteiger charge is -2.19. The van der Waals surface area contributed by atoms with Crippen LogP contribution in [-0.4, -0.2) is 41.6 Å². The zero-order chi connectivity index (χ0) is 16.9. The normalized spacial score (nSPS) is 13.1. The summed E-state index contributed by atoms with van der Waals surface area (Å²) >= 11 is 1.56. The highest BCUT2D eigenvalue weighted by molar-refractivity contribution is 7.15. The molecule has 126 valence electrons. The molecule has 2 aromatic rings. The number of likely N-dealkylation sites (N-methyl/N-ethyl adjacent to an activating group) is 1. The van der Waals surface area contributed by atoms with Gasteiger partial charge >= 0.3 is 0 Å². The quantitative estimate of drug-likeness (QED) is 0.843. The molecule has 0 saturated carbocycles. The molecular weight excluding hydrogens is 310 g/mol. The van der Waals surface area contributed by atoms with Gasteiger partial charge in [0.15, 0.2) is 0 Å². The van der Waals surface area contributed by atoms with Crippen LogP contribution in [0.5, 0.6) is 0 Å². The van der Waals surface area contributed by atoms with E-state index in [1.165, 1.54) is 0 Å². The number of rotatable bonds is 7. The summed E-state index contributed by atoms with van der Waals surface area (Å²) in [6.07, 6.45) is -0.564. The summed E-state index contributed by atoms with van der Waals surface area (Å²) in [7, 11) is 1.91. The van der Waals surface area contributed by atoms with Crippen LogP contribution in [0, 0.1) is 0 Å². The molecule has 0 aliphatic rings. The molecule has 1 heterocycles. The van der Waals surface area contributed by atoms with Crippen molar-refractivity contribution in [1.29, 1.82) is 0 Å². The van der Waals surface area contributed by atoms with Crippen molar-refractivity contribution in [1.82, 2.24) is 10.2 Å². The van der Waals surface area contributed by atoms with Crippen molar-refractivity contribution in [3.05, 3.63) is 40.9 Å². The number of anilines is 1. The number of aromatic nitrogens is 2. The maximum absolute atomic E-state index is 10.1. The highest BCUT2D eigenvalue weighted by Crippen LogP contribution is 2.29. The molecule has 0 radical (unpaired) electrons. The predicted octanol–water partition coefficient (Wildman–Crippen LogP) is 2.85. The summed E-state index contributed by atoms with van der Waals surface area (Å²) in [6.45, 7) is 7.61. The number of aliphatic hydroxyl groups is 1. The third-order valence-corrected chi connectivity index (χ3v) is 4.75. The second-order valence-electron chi connectivity index (χ2n) is 6.67. The molecule has 1 N–H and O–H groups in total. The highest BCUT2D eigenvalue weighted by atomic mass is 32.1. The molecule has 5 nitrogen and oxygen atoms in total. The largest absolute Gasteiger partial charge is 0.389 e. The molecule has 0 bridgehead atoms. The van der Waals surface area contributed by atoms with Gasteiger partial charge in [-0.2, -0.15) is 0 Å². The zero-order valence-electron chi connectivity index (χ0n) is 14.2. The van der Waals surface area contributed by atoms with Crippen LogP contribution in [0.3, 0.4) is 0 Å². The first-order valence-corrected chi connectivity index (χ1v) is 8.53. The van der Waals surface area contributed by atoms with Crippen molar-refractivity contribution in [3.8, 4) is 0 Å². The van der Waals surface area contributed by atoms with Gasteiger partial charge < -0.3 is 14.7 Å². The van der Waals surface area contributed by atoms with Gasteiger partial charge in [0.05, 0.1) is 19.3 Å². The fourth-order valence-corrected chi connectivity index (χ4v) is 2.88. The Labute approximate surface area is 141 Å². The molecule has 6 heteroatoms. The molecule has 0 aliphatic heterocycles. The van der Waals surface area contributed by atoms with Gasteiger partial charge in [0, 0.05) is 19.0 Å². The van der Waals surface area contributed by atoms with E-state index in [2.05, 4.69) is 31.0 Å². The Morgan fingerprint density at radius 1 is 1.22 bits per heavy atom. The van der Waals surface area contributed by atoms with E-state index in [0.717, 1.165) is 15.7 Å². The standard InChI is InChI=1S/C17H25N3O2S/c1-17(2,3)15-18-19-16(23-15)20(4)10-14(21)12-22-11-13-8-6-5-7-9-13/h5-9,14,21H,10-12H2,1-4H3. The summed E-state index contributed by atoms with van der Waals surface area (Å²) in [4.78, 5) is 1.92. The number of benzene rings is 1. The molecule has 1 unspecified atom stereocenters. The van der Waals surface area contributed by atoms with Crippen molar-refractivity contribution in [2.24, 2.45) is 0 Å². The molecule has 0 spiro atoms. The first-order valence-electron chi connectivity index (χ1n) is 7.71. The first kappa shape index (κ1) is 17.8. The van der Waals surface area contributed by atoms with Crippen molar-refractivity contribution in [3.63, 3.8) is 0 Å². The first-order chi connectivity index (χ1) is 10.9. The van der Waals surface area contributed by atoms with E-state index in [4.69, 9.17) is 4.74 Å². The second kappa shape index (κ2) is 7.86. The summed E-state index contributed by atoms with van der Waals surface area (Å²) < 4.78 is 5.57. The Morgan fingerprint density at radius 2 is 1.91 bits per heavy atom. The molecule has 1 atom stereocenters. The maximum Gasteiger partial charge on any atom is 0.208 e. The second-order valence-corrected chi connectivity index (χ2v) is 7.63. The van der Waals surface area contributed by atoms with Gasteiger partial charge in [-0.05, 0) is 5.56 Å². The fraction of sp³-hybridized carbons (Fsp3) is 0.529. The third kappa shape index (κ3) is 5.57. The van der Waals surface area contributed by atoms with Gasteiger partial charge in [0.2, 0.25) is 5.13 Å². The van der Waals surface area contributed by atoms with Crippen LogP contribution in [-0.2, 0) is 16.8 Å². The van der Waals surface area contributed by atoms with E-state index in [9.17, 15) is 5.11 Å². The van der Waals surface area contributed by atoms with Crippen LogP contribution >= 0.6 is 11.3 Å². The fourth-order valence-electron chi connectivity index (χ4n) is 2.01. The number of aliphatic hydroxyl groups excluding tert-OH is 1. The molecular formula is C17H25N3O2S. The van der Waals surface area contributed by atoms with Crippen LogP contribution in [0.25, 0.3) is 0 Å². The molecule has 0 saturated heterocycles. The van der Waals surface area contributed by atoms with Crippen molar-refractivity contribution >= 4 is 16.5 Å². The molecule has 0 aliphatic carbocycles. The number of nitrogens with zero attached hydrogens (tertiary/aromatic N) is 3. The Morgan fingerprint density at radius 3 is 2.52 bits per heavy atom. The van der Waals surface area contributed by atoms with Crippen LogP contribution in [0.1, 0.15) is 31.3 Å². The lowest BCUT2D eigenvalue weighted by atomic mass is 9.98. The molecule has 2 rings (SSSR count). The van der Waals surface area contributed by atoms with Gasteiger partial charge in [-0.1, -0.05) is 62.4 Å². The van der Waals surface area contributed by atoms with Crippen LogP contribution in [0.15, 0.2) is 30.3 Å². The monoisotopic (exact) mass is 335 g/mol. The Hall–Kier alpha value is -1.50. The van der Waals surface area contributed by atoms with E-state index in [-0.39, 0.29) is 5.41 Å². The van der Waals surface area contributed by atoms with Crippen LogP contribution in [0.2, 0.25) is 0 Å². The predicted molar refractivity (Wildman–Crippen MR) is 94.0 cm³/mol. The number of hydrogen-bond donors (Lipinski definition) is 1. The van der Waals surface area contributed by atoms with Gasteiger partial charge in [-0.3, -0.25) is 0 Å². The zero-order valence-corrected chi connectivity index (χ0v) is 15.0. The molecule has 1 aromatic heterocycles. The van der Waals surface area contributed by atoms with E-state index < -0.39 is 6.10 Å². The van der Waals surface area contributed by atoms with Crippen molar-refractivity contribution in [2.45, 2.75) is 38.9 Å². The summed E-state index contributed by atoms with van der Waals surface area (Å²) in [5.41, 5.74) is 1.10. The Bertz CT molecular complexity index is 595. The van der Waals surface area contributed by atoms with Gasteiger partial charge in [-0.15, -0.1) is 10.2 Å². The van der Waals surface area contributed by atoms with Crippen LogP contribution in [0.4, 0.5) is 5.13 Å². The summed E-state index contributed by atoms with van der Waals surface area (Å²) in [5, 5.41) is 20.4. The van der Waals surface area contributed by atoms with Crippen molar-refractivity contribution in [2.75, 3.05) is 25.1 Å². The minimum absolute atomic E-state index is 0.00579. The Balaban J connectivity index is 1.78. The minimum atomic E-state index is -0.564. The molecule has 1 aromatic carbocycles. The lowest BCUT2D eigenvalue weighted by molar-refractivity contribution is 0.0324. The average Bonchev–Trinajstić information content (AvgIpc) is 2.98. The van der Waals surface area contributed by atoms with E-state index in [0.29, 0.717) is 19.8 Å². The molecule has 0 amide bonds. The number of ether oxygens (including phenoxy) is 1. The van der Waals surface area contributed by atoms with Crippen molar-refractivity contribution < 1.29 is 9.84 Å². The van der Waals surface area contributed by atoms with E-state index in [1.807, 2.05) is 42.3 Å². The minimum Gasteiger partial charge on any atom is -0.389 e.